The molecule has 0 aliphatic carbocycles. The highest BCUT2D eigenvalue weighted by Crippen LogP contribution is 2.33. The molecule has 22 heavy (non-hydrogen) atoms. The van der Waals surface area contributed by atoms with Gasteiger partial charge in [0.1, 0.15) is 5.75 Å². The second-order valence-electron chi connectivity index (χ2n) is 4.88. The van der Waals surface area contributed by atoms with Gasteiger partial charge >= 0.3 is 0 Å². The summed E-state index contributed by atoms with van der Waals surface area (Å²) in [5.74, 6) is 0.804. The predicted octanol–water partition coefficient (Wildman–Crippen LogP) is 4.49. The molecular weight excluding hydrogens is 298 g/mol. The van der Waals surface area contributed by atoms with E-state index in [0.29, 0.717) is 5.02 Å². The van der Waals surface area contributed by atoms with Gasteiger partial charge in [0, 0.05) is 35.2 Å². The van der Waals surface area contributed by atoms with Gasteiger partial charge in [-0.3, -0.25) is 4.68 Å². The minimum absolute atomic E-state index is 0.715. The summed E-state index contributed by atoms with van der Waals surface area (Å²) in [4.78, 5) is 0. The summed E-state index contributed by atoms with van der Waals surface area (Å²) in [5, 5.41) is 8.37. The van der Waals surface area contributed by atoms with Crippen molar-refractivity contribution in [3.8, 4) is 17.0 Å². The maximum atomic E-state index is 5.93. The fourth-order valence-electron chi connectivity index (χ4n) is 2.30. The lowest BCUT2D eigenvalue weighted by atomic mass is 10.1. The van der Waals surface area contributed by atoms with Crippen LogP contribution in [0.2, 0.25) is 5.02 Å². The average molecular weight is 314 g/mol. The van der Waals surface area contributed by atoms with Crippen molar-refractivity contribution in [1.29, 1.82) is 0 Å². The molecule has 0 spiro atoms. The Morgan fingerprint density at radius 1 is 1.09 bits per heavy atom. The van der Waals surface area contributed by atoms with Crippen LogP contribution in [0.5, 0.6) is 5.75 Å². The number of aromatic nitrogens is 2. The van der Waals surface area contributed by atoms with E-state index in [-0.39, 0.29) is 0 Å². The predicted molar refractivity (Wildman–Crippen MR) is 89.9 cm³/mol. The quantitative estimate of drug-likeness (QED) is 0.771. The molecule has 0 unspecified atom stereocenters. The SMILES string of the molecule is COc1ccc(Nc2ccc(Cl)cc2)c(-c2ccnn2C)c1. The van der Waals surface area contributed by atoms with Crippen LogP contribution in [0, 0.1) is 0 Å². The summed E-state index contributed by atoms with van der Waals surface area (Å²) in [6.45, 7) is 0. The van der Waals surface area contributed by atoms with Crippen LogP contribution in [0.1, 0.15) is 0 Å². The van der Waals surface area contributed by atoms with Crippen LogP contribution in [-0.2, 0) is 7.05 Å². The van der Waals surface area contributed by atoms with Crippen LogP contribution in [0.4, 0.5) is 11.4 Å². The van der Waals surface area contributed by atoms with Gasteiger partial charge < -0.3 is 10.1 Å². The molecule has 112 valence electrons. The number of methoxy groups -OCH3 is 1. The minimum Gasteiger partial charge on any atom is -0.497 e. The van der Waals surface area contributed by atoms with Crippen LogP contribution in [0.3, 0.4) is 0 Å². The van der Waals surface area contributed by atoms with Gasteiger partial charge in [0.15, 0.2) is 0 Å². The fourth-order valence-corrected chi connectivity index (χ4v) is 2.42. The van der Waals surface area contributed by atoms with Crippen LogP contribution in [-0.4, -0.2) is 16.9 Å². The number of ether oxygens (including phenoxy) is 1. The van der Waals surface area contributed by atoms with Crippen molar-refractivity contribution in [2.45, 2.75) is 0 Å². The summed E-state index contributed by atoms with van der Waals surface area (Å²) in [7, 11) is 3.58. The molecule has 0 aliphatic rings. The van der Waals surface area contributed by atoms with E-state index in [9.17, 15) is 0 Å². The van der Waals surface area contributed by atoms with Crippen molar-refractivity contribution in [2.24, 2.45) is 7.05 Å². The van der Waals surface area contributed by atoms with E-state index in [4.69, 9.17) is 16.3 Å². The first-order chi connectivity index (χ1) is 10.7. The first-order valence-electron chi connectivity index (χ1n) is 6.86. The fraction of sp³-hybridized carbons (Fsp3) is 0.118. The van der Waals surface area contributed by atoms with Crippen molar-refractivity contribution in [2.75, 3.05) is 12.4 Å². The number of nitrogens with zero attached hydrogens (tertiary/aromatic N) is 2. The van der Waals surface area contributed by atoms with Crippen molar-refractivity contribution in [3.05, 3.63) is 59.8 Å². The minimum atomic E-state index is 0.715. The maximum absolute atomic E-state index is 5.93. The molecule has 0 saturated carbocycles. The summed E-state index contributed by atoms with van der Waals surface area (Å²) in [6, 6.07) is 15.5. The highest BCUT2D eigenvalue weighted by atomic mass is 35.5. The number of nitrogens with one attached hydrogen (secondary N) is 1. The molecule has 0 amide bonds. The summed E-state index contributed by atoms with van der Waals surface area (Å²) >= 11 is 5.93. The summed E-state index contributed by atoms with van der Waals surface area (Å²) in [6.07, 6.45) is 1.78. The van der Waals surface area contributed by atoms with E-state index in [1.165, 1.54) is 0 Å². The Bertz CT molecular complexity index is 781. The third-order valence-corrected chi connectivity index (χ3v) is 3.70. The van der Waals surface area contributed by atoms with E-state index in [1.54, 1.807) is 13.3 Å². The van der Waals surface area contributed by atoms with Gasteiger partial charge in [0.05, 0.1) is 12.8 Å². The number of benzene rings is 2. The number of hydrogen-bond acceptors (Lipinski definition) is 3. The van der Waals surface area contributed by atoms with Gasteiger partial charge in [0.2, 0.25) is 0 Å². The Hall–Kier alpha value is -2.46. The molecule has 0 saturated heterocycles. The van der Waals surface area contributed by atoms with E-state index < -0.39 is 0 Å². The Morgan fingerprint density at radius 2 is 1.86 bits per heavy atom. The molecule has 1 aromatic heterocycles. The van der Waals surface area contributed by atoms with Gasteiger partial charge in [-0.05, 0) is 48.5 Å². The van der Waals surface area contributed by atoms with Gasteiger partial charge in [-0.2, -0.15) is 5.10 Å². The highest BCUT2D eigenvalue weighted by molar-refractivity contribution is 6.30. The molecule has 0 radical (unpaired) electrons. The monoisotopic (exact) mass is 313 g/mol. The van der Waals surface area contributed by atoms with Crippen molar-refractivity contribution >= 4 is 23.0 Å². The lowest BCUT2D eigenvalue weighted by Crippen LogP contribution is -1.98. The molecule has 0 aliphatic heterocycles. The standard InChI is InChI=1S/C17H16ClN3O/c1-21-17(9-10-19-21)15-11-14(22-2)7-8-16(15)20-13-5-3-12(18)4-6-13/h3-11,20H,1-2H3. The van der Waals surface area contributed by atoms with E-state index in [0.717, 1.165) is 28.4 Å². The van der Waals surface area contributed by atoms with Crippen LogP contribution in [0.15, 0.2) is 54.7 Å². The normalized spacial score (nSPS) is 10.5. The Labute approximate surface area is 134 Å². The van der Waals surface area contributed by atoms with Gasteiger partial charge in [-0.25, -0.2) is 0 Å². The third kappa shape index (κ3) is 2.92. The highest BCUT2D eigenvalue weighted by Gasteiger charge is 2.10. The molecule has 0 fully saturated rings. The Morgan fingerprint density at radius 3 is 2.50 bits per heavy atom. The number of hydrogen-bond donors (Lipinski definition) is 1. The molecule has 1 heterocycles. The lowest BCUT2D eigenvalue weighted by Gasteiger charge is -2.14. The topological polar surface area (TPSA) is 39.1 Å². The second kappa shape index (κ2) is 6.12. The third-order valence-electron chi connectivity index (χ3n) is 3.45. The van der Waals surface area contributed by atoms with E-state index in [2.05, 4.69) is 10.4 Å². The molecule has 4 nitrogen and oxygen atoms in total. The van der Waals surface area contributed by atoms with Crippen LogP contribution in [0.25, 0.3) is 11.3 Å². The maximum Gasteiger partial charge on any atom is 0.119 e. The smallest absolute Gasteiger partial charge is 0.119 e. The largest absolute Gasteiger partial charge is 0.497 e. The van der Waals surface area contributed by atoms with Crippen LogP contribution < -0.4 is 10.1 Å². The molecule has 0 bridgehead atoms. The van der Waals surface area contributed by atoms with Gasteiger partial charge in [-0.15, -0.1) is 0 Å². The van der Waals surface area contributed by atoms with Gasteiger partial charge in [-0.1, -0.05) is 11.6 Å². The molecule has 1 N–H and O–H groups in total. The number of halogens is 1. The first-order valence-corrected chi connectivity index (χ1v) is 7.24. The first kappa shape index (κ1) is 14.5. The van der Waals surface area contributed by atoms with Gasteiger partial charge in [0.25, 0.3) is 0 Å². The number of anilines is 2. The number of aryl methyl sites for hydroxylation is 1. The Kier molecular flexibility index (Phi) is 4.02. The van der Waals surface area contributed by atoms with Crippen LogP contribution >= 0.6 is 11.6 Å². The summed E-state index contributed by atoms with van der Waals surface area (Å²) < 4.78 is 7.17. The molecule has 5 heteroatoms. The van der Waals surface area contributed by atoms with Crippen molar-refractivity contribution in [1.82, 2.24) is 9.78 Å². The van der Waals surface area contributed by atoms with E-state index in [1.807, 2.05) is 60.3 Å². The van der Waals surface area contributed by atoms with Crippen molar-refractivity contribution < 1.29 is 4.74 Å². The molecule has 3 aromatic rings. The molecule has 0 atom stereocenters. The van der Waals surface area contributed by atoms with Crippen molar-refractivity contribution in [3.63, 3.8) is 0 Å². The zero-order valence-electron chi connectivity index (χ0n) is 12.4. The summed E-state index contributed by atoms with van der Waals surface area (Å²) in [5.41, 5.74) is 3.98. The molecular formula is C17H16ClN3O. The Balaban J connectivity index is 2.03. The second-order valence-corrected chi connectivity index (χ2v) is 5.32. The molecule has 3 rings (SSSR count). The lowest BCUT2D eigenvalue weighted by molar-refractivity contribution is 0.415. The van der Waals surface area contributed by atoms with E-state index >= 15 is 0 Å². The zero-order chi connectivity index (χ0) is 15.5. The average Bonchev–Trinajstić information content (AvgIpc) is 2.96. The zero-order valence-corrected chi connectivity index (χ0v) is 13.1. The number of rotatable bonds is 4. The molecule has 2 aromatic carbocycles.